The lowest BCUT2D eigenvalue weighted by Crippen LogP contribution is -2.20. The Morgan fingerprint density at radius 3 is 2.69 bits per heavy atom. The number of halogens is 1. The van der Waals surface area contributed by atoms with Gasteiger partial charge in [0.05, 0.1) is 5.69 Å². The average Bonchev–Trinajstić information content (AvgIpc) is 3.43. The Hall–Kier alpha value is -1.31. The van der Waals surface area contributed by atoms with Crippen molar-refractivity contribution in [2.45, 2.75) is 65.3 Å². The number of thiazole rings is 1. The average molecular weight is 492 g/mol. The molecule has 29 heavy (non-hydrogen) atoms. The molecule has 1 fully saturated rings. The van der Waals surface area contributed by atoms with Gasteiger partial charge in [0.1, 0.15) is 16.3 Å². The molecule has 1 aliphatic carbocycles. The fourth-order valence-electron chi connectivity index (χ4n) is 3.66. The van der Waals surface area contributed by atoms with Crippen LogP contribution in [0.1, 0.15) is 63.8 Å². The van der Waals surface area contributed by atoms with Gasteiger partial charge in [-0.3, -0.25) is 4.57 Å². The molecule has 2 aromatic heterocycles. The summed E-state index contributed by atoms with van der Waals surface area (Å²) in [5.74, 6) is 3.04. The first-order chi connectivity index (χ1) is 13.9. The topological polar surface area (TPSA) is 42.7 Å². The van der Waals surface area contributed by atoms with Crippen molar-refractivity contribution < 1.29 is 0 Å². The molecule has 1 unspecified atom stereocenters. The van der Waals surface area contributed by atoms with E-state index in [1.54, 1.807) is 11.3 Å². The van der Waals surface area contributed by atoms with Crippen LogP contribution in [0.2, 0.25) is 0 Å². The van der Waals surface area contributed by atoms with Gasteiger partial charge in [-0.25, -0.2) is 9.97 Å². The van der Waals surface area contributed by atoms with E-state index in [0.29, 0.717) is 12.0 Å². The van der Waals surface area contributed by atoms with Crippen LogP contribution < -0.4 is 5.32 Å². The number of fused-ring (bicyclic) bond motifs is 1. The van der Waals surface area contributed by atoms with Gasteiger partial charge in [0.25, 0.3) is 0 Å². The number of rotatable bonds is 7. The van der Waals surface area contributed by atoms with Gasteiger partial charge in [0.2, 0.25) is 0 Å². The van der Waals surface area contributed by atoms with Crippen LogP contribution in [0.15, 0.2) is 22.7 Å². The minimum absolute atomic E-state index is 0.446. The van der Waals surface area contributed by atoms with Crippen LogP contribution in [0.3, 0.4) is 0 Å². The zero-order chi connectivity index (χ0) is 20.7. The highest BCUT2D eigenvalue weighted by atomic mass is 79.9. The number of nitrogens with one attached hydrogen (secondary N) is 1. The molecule has 0 aliphatic heterocycles. The largest absolute Gasteiger partial charge is 0.366 e. The van der Waals surface area contributed by atoms with Gasteiger partial charge in [-0.2, -0.15) is 0 Å². The first kappa shape index (κ1) is 20.9. The third-order valence-electron chi connectivity index (χ3n) is 5.57. The summed E-state index contributed by atoms with van der Waals surface area (Å²) in [7, 11) is 0. The van der Waals surface area contributed by atoms with E-state index in [9.17, 15) is 0 Å². The highest BCUT2D eigenvalue weighted by Crippen LogP contribution is 2.37. The molecule has 4 rings (SSSR count). The number of hydrogen-bond donors (Lipinski definition) is 1. The van der Waals surface area contributed by atoms with Crippen molar-refractivity contribution in [3.8, 4) is 5.69 Å². The SMILES string of the molecule is CCC(CC1CC1)Nc1nc(C)nc2c1sc(=S)n2-c1ccc(C(C)C)cc1Br. The molecule has 1 aromatic carbocycles. The normalized spacial score (nSPS) is 15.2. The Balaban J connectivity index is 1.79. The first-order valence-electron chi connectivity index (χ1n) is 10.3. The smallest absolute Gasteiger partial charge is 0.168 e. The fourth-order valence-corrected chi connectivity index (χ4v) is 5.55. The summed E-state index contributed by atoms with van der Waals surface area (Å²) in [5.41, 5.74) is 3.21. The molecular weight excluding hydrogens is 464 g/mol. The Morgan fingerprint density at radius 1 is 1.31 bits per heavy atom. The summed E-state index contributed by atoms with van der Waals surface area (Å²) >= 11 is 11.1. The summed E-state index contributed by atoms with van der Waals surface area (Å²) in [5, 5.41) is 3.70. The third kappa shape index (κ3) is 4.42. The van der Waals surface area contributed by atoms with Gasteiger partial charge >= 0.3 is 0 Å². The fraction of sp³-hybridized carbons (Fsp3) is 0.500. The van der Waals surface area contributed by atoms with Crippen molar-refractivity contribution in [3.63, 3.8) is 0 Å². The van der Waals surface area contributed by atoms with Crippen LogP contribution in [-0.2, 0) is 0 Å². The lowest BCUT2D eigenvalue weighted by molar-refractivity contribution is 0.585. The molecule has 0 saturated heterocycles. The van der Waals surface area contributed by atoms with E-state index < -0.39 is 0 Å². The molecule has 1 aliphatic rings. The number of aryl methyl sites for hydroxylation is 1. The molecular formula is C22H27BrN4S2. The Bertz CT molecular complexity index is 1100. The van der Waals surface area contributed by atoms with E-state index >= 15 is 0 Å². The minimum Gasteiger partial charge on any atom is -0.366 e. The predicted octanol–water partition coefficient (Wildman–Crippen LogP) is 7.40. The highest BCUT2D eigenvalue weighted by Gasteiger charge is 2.26. The molecule has 7 heteroatoms. The van der Waals surface area contributed by atoms with Gasteiger partial charge < -0.3 is 5.32 Å². The Labute approximate surface area is 189 Å². The van der Waals surface area contributed by atoms with Crippen LogP contribution in [0.4, 0.5) is 5.82 Å². The van der Waals surface area contributed by atoms with E-state index in [-0.39, 0.29) is 0 Å². The third-order valence-corrected chi connectivity index (χ3v) is 7.58. The van der Waals surface area contributed by atoms with Crippen molar-refractivity contribution >= 4 is 55.6 Å². The van der Waals surface area contributed by atoms with Crippen LogP contribution >= 0.6 is 39.5 Å². The maximum atomic E-state index is 5.77. The highest BCUT2D eigenvalue weighted by molar-refractivity contribution is 9.10. The summed E-state index contributed by atoms with van der Waals surface area (Å²) < 4.78 is 4.93. The van der Waals surface area contributed by atoms with Crippen molar-refractivity contribution in [3.05, 3.63) is 38.0 Å². The molecule has 0 bridgehead atoms. The number of benzene rings is 1. The molecule has 2 heterocycles. The summed E-state index contributed by atoms with van der Waals surface area (Å²) in [4.78, 5) is 9.51. The van der Waals surface area contributed by atoms with Gasteiger partial charge in [-0.15, -0.1) is 0 Å². The molecule has 3 aromatic rings. The zero-order valence-electron chi connectivity index (χ0n) is 17.3. The maximum Gasteiger partial charge on any atom is 0.168 e. The molecule has 0 amide bonds. The monoisotopic (exact) mass is 490 g/mol. The quantitative estimate of drug-likeness (QED) is 0.350. The Morgan fingerprint density at radius 2 is 2.07 bits per heavy atom. The Kier molecular flexibility index (Phi) is 6.09. The van der Waals surface area contributed by atoms with E-state index in [4.69, 9.17) is 22.2 Å². The van der Waals surface area contributed by atoms with Gasteiger partial charge in [0, 0.05) is 10.5 Å². The van der Waals surface area contributed by atoms with Gasteiger partial charge in [-0.1, -0.05) is 51.0 Å². The second kappa shape index (κ2) is 8.44. The van der Waals surface area contributed by atoms with Crippen LogP contribution in [0.25, 0.3) is 16.0 Å². The standard InChI is InChI=1S/C22H27BrN4S2/c1-5-16(10-14-6-7-14)26-20-19-21(25-13(4)24-20)27(22(28)29-19)18-9-8-15(12(2)3)11-17(18)23/h8-9,11-12,14,16H,5-7,10H2,1-4H3,(H,24,25,26). The summed E-state index contributed by atoms with van der Waals surface area (Å²) in [6.45, 7) is 8.60. The van der Waals surface area contributed by atoms with Crippen LogP contribution in [-0.4, -0.2) is 20.6 Å². The summed E-state index contributed by atoms with van der Waals surface area (Å²) in [6.07, 6.45) is 5.04. The van der Waals surface area contributed by atoms with Crippen LogP contribution in [0.5, 0.6) is 0 Å². The summed E-state index contributed by atoms with van der Waals surface area (Å²) in [6, 6.07) is 6.93. The maximum absolute atomic E-state index is 5.77. The minimum atomic E-state index is 0.446. The van der Waals surface area contributed by atoms with Crippen molar-refractivity contribution in [1.82, 2.24) is 14.5 Å². The number of nitrogens with zero attached hydrogens (tertiary/aromatic N) is 3. The predicted molar refractivity (Wildman–Crippen MR) is 129 cm³/mol. The van der Waals surface area contributed by atoms with Crippen molar-refractivity contribution in [2.24, 2.45) is 5.92 Å². The molecule has 4 nitrogen and oxygen atoms in total. The van der Waals surface area contributed by atoms with E-state index in [1.807, 2.05) is 6.92 Å². The van der Waals surface area contributed by atoms with E-state index in [1.165, 1.54) is 24.8 Å². The second-order valence-electron chi connectivity index (χ2n) is 8.27. The second-order valence-corrected chi connectivity index (χ2v) is 10.8. The molecule has 154 valence electrons. The lowest BCUT2D eigenvalue weighted by atomic mass is 10.0. The molecule has 0 radical (unpaired) electrons. The molecule has 0 spiro atoms. The van der Waals surface area contributed by atoms with E-state index in [2.05, 4.69) is 64.8 Å². The van der Waals surface area contributed by atoms with Gasteiger partial charge in [-0.05, 0) is 77.4 Å². The molecule has 1 N–H and O–H groups in total. The lowest BCUT2D eigenvalue weighted by Gasteiger charge is -2.18. The van der Waals surface area contributed by atoms with Crippen molar-refractivity contribution in [1.29, 1.82) is 0 Å². The van der Waals surface area contributed by atoms with Gasteiger partial charge in [0.15, 0.2) is 9.60 Å². The molecule has 1 saturated carbocycles. The number of anilines is 1. The first-order valence-corrected chi connectivity index (χ1v) is 12.4. The molecule has 1 atom stereocenters. The van der Waals surface area contributed by atoms with E-state index in [0.717, 1.165) is 48.4 Å². The number of hydrogen-bond acceptors (Lipinski definition) is 5. The van der Waals surface area contributed by atoms with Crippen molar-refractivity contribution in [2.75, 3.05) is 5.32 Å². The van der Waals surface area contributed by atoms with Crippen LogP contribution in [0, 0.1) is 16.8 Å². The number of aromatic nitrogens is 3. The zero-order valence-corrected chi connectivity index (χ0v) is 20.5.